The van der Waals surface area contributed by atoms with Gasteiger partial charge in [-0.3, -0.25) is 0 Å². The number of aryl methyl sites for hydroxylation is 1. The first-order chi connectivity index (χ1) is 12.4. The molecule has 4 N–H and O–H groups in total. The summed E-state index contributed by atoms with van der Waals surface area (Å²) in [5.74, 6) is -0.841. The number of anilines is 1. The van der Waals surface area contributed by atoms with Crippen LogP contribution in [0, 0.1) is 5.41 Å². The van der Waals surface area contributed by atoms with Gasteiger partial charge in [-0.2, -0.15) is 0 Å². The van der Waals surface area contributed by atoms with Gasteiger partial charge in [-0.15, -0.1) is 17.9 Å². The smallest absolute Gasteiger partial charge is 0.337 e. The van der Waals surface area contributed by atoms with E-state index >= 15 is 0 Å². The van der Waals surface area contributed by atoms with Crippen LogP contribution < -0.4 is 11.1 Å². The minimum absolute atomic E-state index is 0.144. The Kier molecular flexibility index (Phi) is 5.21. The van der Waals surface area contributed by atoms with E-state index in [1.807, 2.05) is 18.2 Å². The summed E-state index contributed by atoms with van der Waals surface area (Å²) < 4.78 is 0. The van der Waals surface area contributed by atoms with Crippen molar-refractivity contribution < 1.29 is 9.90 Å². The molecule has 1 aliphatic carbocycles. The lowest BCUT2D eigenvalue weighted by Gasteiger charge is -2.29. The van der Waals surface area contributed by atoms with E-state index in [0.29, 0.717) is 18.7 Å². The summed E-state index contributed by atoms with van der Waals surface area (Å²) in [4.78, 5) is 14.2. The molecule has 4 nitrogen and oxygen atoms in total. The number of carboxylic acid groups (broad SMARTS) is 1. The maximum absolute atomic E-state index is 12.1. The van der Waals surface area contributed by atoms with E-state index in [1.54, 1.807) is 17.4 Å². The molecule has 0 spiro atoms. The van der Waals surface area contributed by atoms with Crippen molar-refractivity contribution in [2.75, 3.05) is 11.9 Å². The molecule has 0 saturated heterocycles. The number of hydrogen-bond acceptors (Lipinski definition) is 4. The molecule has 0 fully saturated rings. The molecule has 0 amide bonds. The van der Waals surface area contributed by atoms with Gasteiger partial charge >= 0.3 is 5.97 Å². The van der Waals surface area contributed by atoms with Crippen LogP contribution in [0.5, 0.6) is 0 Å². The molecule has 5 heteroatoms. The van der Waals surface area contributed by atoms with Crippen molar-refractivity contribution in [1.29, 1.82) is 0 Å². The second-order valence-electron chi connectivity index (χ2n) is 7.60. The molecule has 1 aromatic heterocycles. The lowest BCUT2D eigenvalue weighted by molar-refractivity contribution is 0.0696. The maximum Gasteiger partial charge on any atom is 0.337 e. The van der Waals surface area contributed by atoms with Gasteiger partial charge in [0.15, 0.2) is 0 Å². The van der Waals surface area contributed by atoms with Crippen LogP contribution in [-0.2, 0) is 19.4 Å². The van der Waals surface area contributed by atoms with Gasteiger partial charge in [0.25, 0.3) is 0 Å². The van der Waals surface area contributed by atoms with Gasteiger partial charge in [-0.1, -0.05) is 26.0 Å². The zero-order chi connectivity index (χ0) is 18.9. The number of rotatable bonds is 6. The van der Waals surface area contributed by atoms with E-state index in [9.17, 15) is 9.90 Å². The van der Waals surface area contributed by atoms with Gasteiger partial charge in [0.2, 0.25) is 0 Å². The van der Waals surface area contributed by atoms with Gasteiger partial charge < -0.3 is 16.2 Å². The van der Waals surface area contributed by atoms with Crippen LogP contribution in [0.3, 0.4) is 0 Å². The average Bonchev–Trinajstić information content (AvgIpc) is 2.96. The van der Waals surface area contributed by atoms with Crippen molar-refractivity contribution in [3.05, 3.63) is 52.4 Å². The van der Waals surface area contributed by atoms with Crippen molar-refractivity contribution in [2.45, 2.75) is 39.7 Å². The van der Waals surface area contributed by atoms with Gasteiger partial charge in [-0.25, -0.2) is 4.79 Å². The summed E-state index contributed by atoms with van der Waals surface area (Å²) in [6.45, 7) is 9.18. The Morgan fingerprint density at radius 2 is 2.23 bits per heavy atom. The molecule has 0 unspecified atom stereocenters. The lowest BCUT2D eigenvalue weighted by atomic mass is 9.76. The molecule has 0 atom stereocenters. The molecule has 0 bridgehead atoms. The minimum Gasteiger partial charge on any atom is -0.478 e. The highest BCUT2D eigenvalue weighted by Crippen LogP contribution is 2.45. The highest BCUT2D eigenvalue weighted by atomic mass is 32.1. The number of nitrogens with two attached hydrogens (primary N) is 1. The van der Waals surface area contributed by atoms with E-state index in [4.69, 9.17) is 5.73 Å². The number of carbonyl (C=O) groups is 1. The summed E-state index contributed by atoms with van der Waals surface area (Å²) in [5, 5.41) is 13.2. The fraction of sp³-hybridized carbons (Fsp3) is 0.381. The first-order valence-electron chi connectivity index (χ1n) is 8.92. The molecular formula is C21H26N2O2S. The molecular weight excluding hydrogens is 344 g/mol. The number of hydrogen-bond donors (Lipinski definition) is 3. The Hall–Kier alpha value is -2.11. The zero-order valence-electron chi connectivity index (χ0n) is 15.4. The molecule has 0 radical (unpaired) electrons. The topological polar surface area (TPSA) is 75.3 Å². The summed E-state index contributed by atoms with van der Waals surface area (Å²) >= 11 is 1.62. The van der Waals surface area contributed by atoms with Crippen molar-refractivity contribution >= 4 is 23.0 Å². The van der Waals surface area contributed by atoms with Crippen LogP contribution in [0.25, 0.3) is 10.4 Å². The summed E-state index contributed by atoms with van der Waals surface area (Å²) in [6, 6.07) is 5.97. The molecule has 0 aliphatic heterocycles. The average molecular weight is 371 g/mol. The number of aromatic carboxylic acids is 1. The predicted molar refractivity (Wildman–Crippen MR) is 109 cm³/mol. The van der Waals surface area contributed by atoms with Gasteiger partial charge in [0.1, 0.15) is 0 Å². The molecule has 1 aromatic carbocycles. The van der Waals surface area contributed by atoms with Crippen molar-refractivity contribution in [3.8, 4) is 10.4 Å². The largest absolute Gasteiger partial charge is 0.478 e. The lowest BCUT2D eigenvalue weighted by Crippen LogP contribution is -2.22. The van der Waals surface area contributed by atoms with E-state index in [0.717, 1.165) is 46.5 Å². The first-order valence-corrected chi connectivity index (χ1v) is 9.74. The van der Waals surface area contributed by atoms with Crippen molar-refractivity contribution in [2.24, 2.45) is 11.1 Å². The second kappa shape index (κ2) is 7.25. The zero-order valence-corrected chi connectivity index (χ0v) is 16.2. The third kappa shape index (κ3) is 3.55. The molecule has 1 aliphatic rings. The van der Waals surface area contributed by atoms with Crippen LogP contribution >= 0.6 is 11.3 Å². The van der Waals surface area contributed by atoms with Gasteiger partial charge in [-0.05, 0) is 53.5 Å². The second-order valence-corrected chi connectivity index (χ2v) is 8.70. The van der Waals surface area contributed by atoms with E-state index in [2.05, 4.69) is 25.7 Å². The fourth-order valence-corrected chi connectivity index (χ4v) is 4.99. The Balaban J connectivity index is 2.11. The molecule has 2 aromatic rings. The highest BCUT2D eigenvalue weighted by Gasteiger charge is 2.33. The molecule has 138 valence electrons. The SMILES string of the molecule is C=CCNc1ccc(-c2sc3c(c2C(=O)O)CC(C)(C)CC3)c(CN)c1. The Morgan fingerprint density at radius 3 is 2.88 bits per heavy atom. The molecule has 1 heterocycles. The molecule has 26 heavy (non-hydrogen) atoms. The number of thiophene rings is 1. The van der Waals surface area contributed by atoms with Crippen LogP contribution in [0.1, 0.15) is 46.6 Å². The van der Waals surface area contributed by atoms with Crippen molar-refractivity contribution in [3.63, 3.8) is 0 Å². The predicted octanol–water partition coefficient (Wildman–Crippen LogP) is 4.68. The van der Waals surface area contributed by atoms with Crippen LogP contribution in [-0.4, -0.2) is 17.6 Å². The number of carboxylic acids is 1. The van der Waals surface area contributed by atoms with E-state index < -0.39 is 5.97 Å². The molecule has 0 saturated carbocycles. The van der Waals surface area contributed by atoms with Gasteiger partial charge in [0, 0.05) is 28.5 Å². The standard InChI is InChI=1S/C21H26N2O2S/c1-4-9-23-14-5-6-15(13(10-14)12-22)19-18(20(24)25)16-11-21(2,3)8-7-17(16)26-19/h4-6,10,23H,1,7-9,11-12,22H2,2-3H3,(H,24,25). The van der Waals surface area contributed by atoms with Gasteiger partial charge in [0.05, 0.1) is 5.56 Å². The quantitative estimate of drug-likeness (QED) is 0.645. The van der Waals surface area contributed by atoms with E-state index in [1.165, 1.54) is 4.88 Å². The third-order valence-corrected chi connectivity index (χ3v) is 6.33. The Morgan fingerprint density at radius 1 is 1.46 bits per heavy atom. The fourth-order valence-electron chi connectivity index (χ4n) is 3.62. The molecule has 3 rings (SSSR count). The minimum atomic E-state index is -0.841. The summed E-state index contributed by atoms with van der Waals surface area (Å²) in [7, 11) is 0. The number of benzene rings is 1. The van der Waals surface area contributed by atoms with Crippen LogP contribution in [0.4, 0.5) is 5.69 Å². The van der Waals surface area contributed by atoms with Crippen LogP contribution in [0.2, 0.25) is 0 Å². The number of fused-ring (bicyclic) bond motifs is 1. The first kappa shape index (κ1) is 18.7. The Labute approximate surface area is 158 Å². The highest BCUT2D eigenvalue weighted by molar-refractivity contribution is 7.16. The maximum atomic E-state index is 12.1. The van der Waals surface area contributed by atoms with E-state index in [-0.39, 0.29) is 5.41 Å². The summed E-state index contributed by atoms with van der Waals surface area (Å²) in [5.41, 5.74) is 10.5. The third-order valence-electron chi connectivity index (χ3n) is 5.01. The normalized spacial score (nSPS) is 15.3. The van der Waals surface area contributed by atoms with Crippen molar-refractivity contribution in [1.82, 2.24) is 0 Å². The number of nitrogens with one attached hydrogen (secondary N) is 1. The summed E-state index contributed by atoms with van der Waals surface area (Å²) in [6.07, 6.45) is 4.66. The Bertz CT molecular complexity index is 852. The monoisotopic (exact) mass is 370 g/mol. The van der Waals surface area contributed by atoms with Crippen LogP contribution in [0.15, 0.2) is 30.9 Å².